The molecular weight excluding hydrogens is 523 g/mol. The van der Waals surface area contributed by atoms with E-state index < -0.39 is 33.6 Å². The van der Waals surface area contributed by atoms with E-state index in [1.54, 1.807) is 26.0 Å². The quantitative estimate of drug-likeness (QED) is 0.313. The molecule has 0 fully saturated rings. The molecule has 3 rings (SSSR count). The number of nitrogens with zero attached hydrogens (tertiary/aromatic N) is 3. The van der Waals surface area contributed by atoms with Crippen molar-refractivity contribution < 1.29 is 32.0 Å². The second kappa shape index (κ2) is 12.7. The molecule has 1 unspecified atom stereocenters. The third kappa shape index (κ3) is 7.89. The molecule has 38 heavy (non-hydrogen) atoms. The number of anilines is 3. The van der Waals surface area contributed by atoms with Crippen LogP contribution in [0.25, 0.3) is 11.1 Å². The van der Waals surface area contributed by atoms with Crippen molar-refractivity contribution in [1.29, 1.82) is 0 Å². The Balaban J connectivity index is 0.00000507. The average molecular weight is 554 g/mol. The molecule has 2 atom stereocenters. The van der Waals surface area contributed by atoms with Crippen molar-refractivity contribution in [2.24, 2.45) is 4.36 Å². The molecule has 0 aliphatic rings. The van der Waals surface area contributed by atoms with Crippen LogP contribution in [-0.2, 0) is 20.6 Å². The molecule has 3 aromatic rings. The van der Waals surface area contributed by atoms with Crippen molar-refractivity contribution in [3.05, 3.63) is 60.3 Å². The van der Waals surface area contributed by atoms with Gasteiger partial charge in [0.05, 0.1) is 28.5 Å². The van der Waals surface area contributed by atoms with Gasteiger partial charge in [0.15, 0.2) is 0 Å². The first-order valence-corrected chi connectivity index (χ1v) is 13.0. The van der Waals surface area contributed by atoms with Crippen LogP contribution in [0.15, 0.2) is 64.0 Å². The second-order valence-electron chi connectivity index (χ2n) is 8.00. The van der Waals surface area contributed by atoms with Gasteiger partial charge in [0.2, 0.25) is 5.95 Å². The lowest BCUT2D eigenvalue weighted by atomic mass is 10.0. The van der Waals surface area contributed by atoms with E-state index in [1.807, 2.05) is 0 Å². The summed E-state index contributed by atoms with van der Waals surface area (Å²) in [6, 6.07) is 10.6. The average Bonchev–Trinajstić information content (AvgIpc) is 2.84. The third-order valence-corrected chi connectivity index (χ3v) is 6.66. The number of hydrogen-bond donors (Lipinski definition) is 3. The lowest BCUT2D eigenvalue weighted by Crippen LogP contribution is -2.21. The Kier molecular flexibility index (Phi) is 10.2. The topological polar surface area (TPSA) is 126 Å². The number of aliphatic hydroxyl groups excluding tert-OH is 1. The minimum Gasteiger partial charge on any atom is -0.448 e. The van der Waals surface area contributed by atoms with Crippen molar-refractivity contribution in [1.82, 2.24) is 9.97 Å². The van der Waals surface area contributed by atoms with Gasteiger partial charge in [-0.25, -0.2) is 14.0 Å². The van der Waals surface area contributed by atoms with Crippen LogP contribution in [0.2, 0.25) is 0 Å². The molecule has 1 amide bonds. The molecule has 0 bridgehead atoms. The fraction of sp³-hybridized carbons (Fsp3) is 0.320. The fourth-order valence-electron chi connectivity index (χ4n) is 3.17. The first kappa shape index (κ1) is 30.5. The van der Waals surface area contributed by atoms with Gasteiger partial charge in [0, 0.05) is 34.6 Å². The largest absolute Gasteiger partial charge is 0.448 e. The number of alkyl halides is 3. The van der Waals surface area contributed by atoms with Crippen LogP contribution in [0, 0.1) is 0 Å². The Morgan fingerprint density at radius 3 is 2.50 bits per heavy atom. The molecule has 0 aliphatic heterocycles. The van der Waals surface area contributed by atoms with E-state index in [4.69, 9.17) is 4.74 Å². The number of benzene rings is 2. The summed E-state index contributed by atoms with van der Waals surface area (Å²) in [5, 5.41) is 15.4. The van der Waals surface area contributed by atoms with Crippen LogP contribution < -0.4 is 10.6 Å². The van der Waals surface area contributed by atoms with Crippen molar-refractivity contribution in [3.8, 4) is 11.1 Å². The second-order valence-corrected chi connectivity index (χ2v) is 10.3. The van der Waals surface area contributed by atoms with Gasteiger partial charge in [-0.1, -0.05) is 19.6 Å². The maximum Gasteiger partial charge on any atom is 0.442 e. The maximum atomic E-state index is 13.2. The van der Waals surface area contributed by atoms with Gasteiger partial charge in [-0.3, -0.25) is 0 Å². The number of nitrogens with one attached hydrogen (secondary N) is 2. The summed E-state index contributed by atoms with van der Waals surface area (Å²) in [6.45, 7) is 3.18. The summed E-state index contributed by atoms with van der Waals surface area (Å²) in [5.41, 5.74) is 0.277. The Morgan fingerprint density at radius 1 is 1.21 bits per heavy atom. The highest BCUT2D eigenvalue weighted by Gasteiger charge is 2.30. The summed E-state index contributed by atoms with van der Waals surface area (Å²) in [5.74, 6) is 0.351. The number of aliphatic hydroxyl groups is 1. The van der Waals surface area contributed by atoms with E-state index in [-0.39, 0.29) is 38.0 Å². The maximum absolute atomic E-state index is 13.2. The zero-order valence-corrected chi connectivity index (χ0v) is 21.1. The van der Waals surface area contributed by atoms with Crippen molar-refractivity contribution in [2.45, 2.75) is 38.4 Å². The van der Waals surface area contributed by atoms with E-state index in [1.165, 1.54) is 36.7 Å². The highest BCUT2D eigenvalue weighted by atomic mass is 32.2. The van der Waals surface area contributed by atoms with Crippen molar-refractivity contribution >= 4 is 33.3 Å². The number of hydrogen-bond acceptors (Lipinski definition) is 8. The van der Waals surface area contributed by atoms with E-state index in [2.05, 4.69) is 25.0 Å². The van der Waals surface area contributed by atoms with E-state index in [0.717, 1.165) is 12.1 Å². The molecular formula is C25H30F3N5O4S. The van der Waals surface area contributed by atoms with Crippen LogP contribution in [0.5, 0.6) is 0 Å². The van der Waals surface area contributed by atoms with Crippen LogP contribution in [0.1, 0.15) is 26.8 Å². The molecule has 0 radical (unpaired) electrons. The highest BCUT2D eigenvalue weighted by molar-refractivity contribution is 7.93. The number of rotatable bonds is 8. The van der Waals surface area contributed by atoms with Gasteiger partial charge in [-0.2, -0.15) is 18.2 Å². The van der Waals surface area contributed by atoms with E-state index >= 15 is 0 Å². The van der Waals surface area contributed by atoms with E-state index in [0.29, 0.717) is 16.1 Å². The lowest BCUT2D eigenvalue weighted by molar-refractivity contribution is -0.137. The number of aromatic nitrogens is 2. The molecule has 0 saturated heterocycles. The number of amides is 1. The normalized spacial score (nSPS) is 13.4. The van der Waals surface area contributed by atoms with Gasteiger partial charge < -0.3 is 20.5 Å². The van der Waals surface area contributed by atoms with Crippen LogP contribution >= 0.6 is 0 Å². The van der Waals surface area contributed by atoms with E-state index in [9.17, 15) is 27.3 Å². The first-order valence-electron chi connectivity index (χ1n) is 11.1. The Hall–Kier alpha value is -3.71. The zero-order chi connectivity index (χ0) is 27.2. The van der Waals surface area contributed by atoms with Gasteiger partial charge in [0.25, 0.3) is 0 Å². The molecule has 0 saturated carbocycles. The molecule has 0 aliphatic carbocycles. The molecule has 2 aromatic carbocycles. The molecule has 1 aromatic heterocycles. The van der Waals surface area contributed by atoms with Crippen molar-refractivity contribution in [2.75, 3.05) is 30.1 Å². The predicted molar refractivity (Wildman–Crippen MR) is 141 cm³/mol. The molecule has 3 N–H and O–H groups in total. The number of halogens is 3. The Bertz CT molecular complexity index is 1370. The SMILES string of the molecule is C.CCOC(=O)N=S(C)(=O)c1ccc(Nc2ncc(-c3cccc(C(F)(F)F)c3)c(N[C@H](C)CO)n2)cc1. The minimum absolute atomic E-state index is 0. The predicted octanol–water partition coefficient (Wildman–Crippen LogP) is 5.95. The zero-order valence-electron chi connectivity index (χ0n) is 20.2. The highest BCUT2D eigenvalue weighted by Crippen LogP contribution is 2.34. The standard InChI is InChI=1S/C24H26F3N5O4S.CH4/c1-4-36-23(34)32-37(3,35)19-10-8-18(9-11-19)30-22-28-13-20(21(31-22)29-15(2)14-33)16-6-5-7-17(12-16)24(25,26)27;/h5-13,15,33H,4,14H2,1-3H3,(H2,28,29,30,31);1H4/t15-,37?;/m1./s1. The van der Waals surface area contributed by atoms with Gasteiger partial charge in [-0.15, -0.1) is 4.36 Å². The van der Waals surface area contributed by atoms with Crippen molar-refractivity contribution in [3.63, 3.8) is 0 Å². The first-order chi connectivity index (χ1) is 17.4. The number of carbonyl (C=O) groups is 1. The molecule has 206 valence electrons. The van der Waals surface area contributed by atoms with Crippen LogP contribution in [0.3, 0.4) is 0 Å². The summed E-state index contributed by atoms with van der Waals surface area (Å²) >= 11 is 0. The summed E-state index contributed by atoms with van der Waals surface area (Å²) in [4.78, 5) is 20.5. The summed E-state index contributed by atoms with van der Waals surface area (Å²) in [6.07, 6.45) is -2.73. The molecule has 1 heterocycles. The smallest absolute Gasteiger partial charge is 0.442 e. The van der Waals surface area contributed by atoms with Crippen LogP contribution in [-0.4, -0.2) is 50.9 Å². The summed E-state index contributed by atoms with van der Waals surface area (Å²) in [7, 11) is -3.02. The monoisotopic (exact) mass is 553 g/mol. The Labute approximate surface area is 219 Å². The lowest BCUT2D eigenvalue weighted by Gasteiger charge is -2.17. The minimum atomic E-state index is -4.51. The van der Waals surface area contributed by atoms with Crippen LogP contribution in [0.4, 0.5) is 35.4 Å². The Morgan fingerprint density at radius 2 is 1.89 bits per heavy atom. The van der Waals surface area contributed by atoms with Gasteiger partial charge >= 0.3 is 12.3 Å². The number of ether oxygens (including phenoxy) is 1. The molecule has 13 heteroatoms. The molecule has 9 nitrogen and oxygen atoms in total. The summed E-state index contributed by atoms with van der Waals surface area (Å²) < 4.78 is 60.8. The number of carbonyl (C=O) groups excluding carboxylic acids is 1. The fourth-order valence-corrected chi connectivity index (χ4v) is 4.25. The van der Waals surface area contributed by atoms with Gasteiger partial charge in [0.1, 0.15) is 5.82 Å². The van der Waals surface area contributed by atoms with Gasteiger partial charge in [-0.05, 0) is 55.8 Å². The third-order valence-electron chi connectivity index (χ3n) is 5.01. The molecule has 0 spiro atoms.